The Kier molecular flexibility index (Phi) is 3.89. The van der Waals surface area contributed by atoms with Gasteiger partial charge in [-0.3, -0.25) is 0 Å². The molecule has 0 spiro atoms. The van der Waals surface area contributed by atoms with Crippen molar-refractivity contribution in [3.05, 3.63) is 47.6 Å². The number of ether oxygens (including phenoxy) is 1. The van der Waals surface area contributed by atoms with Gasteiger partial charge in [0.25, 0.3) is 0 Å². The molecule has 0 saturated heterocycles. The summed E-state index contributed by atoms with van der Waals surface area (Å²) in [7, 11) is 4.02. The second kappa shape index (κ2) is 5.28. The first kappa shape index (κ1) is 14.0. The summed E-state index contributed by atoms with van der Waals surface area (Å²) in [6.07, 6.45) is 5.85. The molecule has 2 heteroatoms. The zero-order chi connectivity index (χ0) is 14.0. The molecule has 1 aliphatic carbocycles. The third kappa shape index (κ3) is 3.12. The van der Waals surface area contributed by atoms with E-state index in [1.807, 2.05) is 12.1 Å². The molecule has 1 nitrogen and oxygen atoms in total. The standard InChI is InChI=1S/C17H23BO/c1-17(2,3)13-9-12(10-14(18)11-13)15-7-5-6-8-16(15)19-4/h5-10,14H,11,18H2,1-4H3. The lowest BCUT2D eigenvalue weighted by molar-refractivity contribution is 0.413. The van der Waals surface area contributed by atoms with E-state index < -0.39 is 0 Å². The van der Waals surface area contributed by atoms with Crippen molar-refractivity contribution in [2.75, 3.05) is 7.11 Å². The molecule has 0 saturated carbocycles. The summed E-state index contributed by atoms with van der Waals surface area (Å²) in [5.41, 5.74) is 4.23. The molecule has 1 aromatic rings. The molecule has 1 aromatic carbocycles. The monoisotopic (exact) mass is 254 g/mol. The molecule has 0 radical (unpaired) electrons. The Balaban J connectivity index is 2.46. The lowest BCUT2D eigenvalue weighted by atomic mass is 9.70. The van der Waals surface area contributed by atoms with Crippen LogP contribution in [0, 0.1) is 5.41 Å². The number of benzene rings is 1. The van der Waals surface area contributed by atoms with Crippen LogP contribution >= 0.6 is 0 Å². The van der Waals surface area contributed by atoms with E-state index in [4.69, 9.17) is 4.74 Å². The van der Waals surface area contributed by atoms with Gasteiger partial charge in [0, 0.05) is 5.56 Å². The minimum Gasteiger partial charge on any atom is -0.496 e. The van der Waals surface area contributed by atoms with Gasteiger partial charge in [0.05, 0.1) is 7.11 Å². The number of para-hydroxylation sites is 1. The molecule has 1 unspecified atom stereocenters. The Hall–Kier alpha value is -1.44. The average molecular weight is 254 g/mol. The molecule has 0 aromatic heterocycles. The van der Waals surface area contributed by atoms with Crippen molar-refractivity contribution in [2.45, 2.75) is 33.0 Å². The maximum atomic E-state index is 5.48. The van der Waals surface area contributed by atoms with E-state index in [0.717, 1.165) is 12.2 Å². The van der Waals surface area contributed by atoms with Gasteiger partial charge in [-0.1, -0.05) is 56.7 Å². The SMILES string of the molecule is BC1C=C(c2ccccc2OC)C=C(C(C)(C)C)C1. The Labute approximate surface area is 117 Å². The minimum atomic E-state index is 0.232. The Morgan fingerprint density at radius 2 is 1.89 bits per heavy atom. The molecule has 0 fully saturated rings. The van der Waals surface area contributed by atoms with Gasteiger partial charge in [0.1, 0.15) is 13.6 Å². The number of rotatable bonds is 2. The molecule has 0 aliphatic heterocycles. The van der Waals surface area contributed by atoms with Crippen LogP contribution in [0.4, 0.5) is 0 Å². The van der Waals surface area contributed by atoms with Crippen molar-refractivity contribution in [3.63, 3.8) is 0 Å². The highest BCUT2D eigenvalue weighted by atomic mass is 16.5. The van der Waals surface area contributed by atoms with Crippen LogP contribution in [0.25, 0.3) is 5.57 Å². The molecule has 100 valence electrons. The van der Waals surface area contributed by atoms with Crippen molar-refractivity contribution in [3.8, 4) is 5.75 Å². The van der Waals surface area contributed by atoms with Gasteiger partial charge in [-0.15, -0.1) is 0 Å². The van der Waals surface area contributed by atoms with Crippen molar-refractivity contribution in [1.82, 2.24) is 0 Å². The molecule has 19 heavy (non-hydrogen) atoms. The number of hydrogen-bond donors (Lipinski definition) is 0. The average Bonchev–Trinajstić information content (AvgIpc) is 2.37. The predicted molar refractivity (Wildman–Crippen MR) is 85.4 cm³/mol. The Morgan fingerprint density at radius 1 is 1.21 bits per heavy atom. The number of allylic oxidation sites excluding steroid dienone is 4. The van der Waals surface area contributed by atoms with Crippen LogP contribution < -0.4 is 4.74 Å². The van der Waals surface area contributed by atoms with E-state index in [1.54, 1.807) is 7.11 Å². The van der Waals surface area contributed by atoms with Crippen molar-refractivity contribution >= 4 is 13.4 Å². The predicted octanol–water partition coefficient (Wildman–Crippen LogP) is 3.88. The fourth-order valence-corrected chi connectivity index (χ4v) is 2.58. The second-order valence-corrected chi connectivity index (χ2v) is 6.42. The Morgan fingerprint density at radius 3 is 2.53 bits per heavy atom. The molecule has 1 atom stereocenters. The molecule has 0 amide bonds. The van der Waals surface area contributed by atoms with Gasteiger partial charge >= 0.3 is 0 Å². The third-order valence-corrected chi connectivity index (χ3v) is 3.72. The molecule has 0 heterocycles. The summed E-state index contributed by atoms with van der Waals surface area (Å²) >= 11 is 0. The van der Waals surface area contributed by atoms with Crippen molar-refractivity contribution < 1.29 is 4.74 Å². The summed E-state index contributed by atoms with van der Waals surface area (Å²) in [5.74, 6) is 1.53. The highest BCUT2D eigenvalue weighted by Crippen LogP contribution is 2.40. The summed E-state index contributed by atoms with van der Waals surface area (Å²) in [4.78, 5) is 0. The summed E-state index contributed by atoms with van der Waals surface area (Å²) in [5, 5.41) is 0. The first-order chi connectivity index (χ1) is 8.91. The third-order valence-electron chi connectivity index (χ3n) is 3.72. The van der Waals surface area contributed by atoms with Gasteiger partial charge in [-0.25, -0.2) is 0 Å². The fraction of sp³-hybridized carbons (Fsp3) is 0.412. The largest absolute Gasteiger partial charge is 0.496 e. The van der Waals surface area contributed by atoms with E-state index in [1.165, 1.54) is 16.7 Å². The lowest BCUT2D eigenvalue weighted by Crippen LogP contribution is -2.14. The molecular weight excluding hydrogens is 231 g/mol. The molecule has 1 aliphatic rings. The van der Waals surface area contributed by atoms with Crippen molar-refractivity contribution in [2.24, 2.45) is 5.41 Å². The van der Waals surface area contributed by atoms with E-state index in [0.29, 0.717) is 5.82 Å². The van der Waals surface area contributed by atoms with Gasteiger partial charge in [-0.05, 0) is 29.3 Å². The summed E-state index contributed by atoms with van der Waals surface area (Å²) < 4.78 is 5.48. The molecule has 0 bridgehead atoms. The molecular formula is C17H23BO. The van der Waals surface area contributed by atoms with E-state index in [-0.39, 0.29) is 5.41 Å². The molecule has 2 rings (SSSR count). The van der Waals surface area contributed by atoms with Crippen LogP contribution in [0.5, 0.6) is 5.75 Å². The van der Waals surface area contributed by atoms with Gasteiger partial charge in [0.15, 0.2) is 0 Å². The van der Waals surface area contributed by atoms with E-state index in [2.05, 4.69) is 52.9 Å². The maximum absolute atomic E-state index is 5.48. The van der Waals surface area contributed by atoms with Crippen LogP contribution in [-0.2, 0) is 0 Å². The van der Waals surface area contributed by atoms with Crippen LogP contribution in [0.3, 0.4) is 0 Å². The lowest BCUT2D eigenvalue weighted by Gasteiger charge is -2.29. The Bertz CT molecular complexity index is 520. The van der Waals surface area contributed by atoms with Crippen LogP contribution in [0.15, 0.2) is 42.0 Å². The maximum Gasteiger partial charge on any atom is 0.126 e. The minimum absolute atomic E-state index is 0.232. The van der Waals surface area contributed by atoms with E-state index >= 15 is 0 Å². The second-order valence-electron chi connectivity index (χ2n) is 6.42. The van der Waals surface area contributed by atoms with Gasteiger partial charge in [0.2, 0.25) is 0 Å². The first-order valence-corrected chi connectivity index (χ1v) is 6.98. The normalized spacial score (nSPS) is 19.7. The topological polar surface area (TPSA) is 9.23 Å². The van der Waals surface area contributed by atoms with Gasteiger partial charge in [-0.2, -0.15) is 0 Å². The first-order valence-electron chi connectivity index (χ1n) is 6.98. The summed E-state index contributed by atoms with van der Waals surface area (Å²) in [6.45, 7) is 6.87. The highest BCUT2D eigenvalue weighted by molar-refractivity contribution is 6.14. The number of methoxy groups -OCH3 is 1. The van der Waals surface area contributed by atoms with Crippen molar-refractivity contribution in [1.29, 1.82) is 0 Å². The molecule has 0 N–H and O–H groups in total. The van der Waals surface area contributed by atoms with E-state index in [9.17, 15) is 0 Å². The quantitative estimate of drug-likeness (QED) is 0.728. The fourth-order valence-electron chi connectivity index (χ4n) is 2.58. The smallest absolute Gasteiger partial charge is 0.126 e. The van der Waals surface area contributed by atoms with Crippen LogP contribution in [-0.4, -0.2) is 15.0 Å². The zero-order valence-corrected chi connectivity index (χ0v) is 12.7. The highest BCUT2D eigenvalue weighted by Gasteiger charge is 2.23. The van der Waals surface area contributed by atoms with Crippen LogP contribution in [0.1, 0.15) is 32.8 Å². The summed E-state index contributed by atoms with van der Waals surface area (Å²) in [6, 6.07) is 8.26. The van der Waals surface area contributed by atoms with Crippen LogP contribution in [0.2, 0.25) is 5.82 Å². The number of hydrogen-bond acceptors (Lipinski definition) is 1. The zero-order valence-electron chi connectivity index (χ0n) is 12.7. The van der Waals surface area contributed by atoms with Gasteiger partial charge < -0.3 is 4.74 Å².